The summed E-state index contributed by atoms with van der Waals surface area (Å²) in [6, 6.07) is 19.5. The average molecular weight is 430 g/mol. The Bertz CT molecular complexity index is 1150. The van der Waals surface area contributed by atoms with Gasteiger partial charge in [0.2, 0.25) is 0 Å². The second kappa shape index (κ2) is 8.78. The third kappa shape index (κ3) is 4.11. The molecule has 0 saturated carbocycles. The van der Waals surface area contributed by atoms with Crippen molar-refractivity contribution in [3.63, 3.8) is 0 Å². The van der Waals surface area contributed by atoms with E-state index >= 15 is 0 Å². The summed E-state index contributed by atoms with van der Waals surface area (Å²) in [6.07, 6.45) is 7.72. The largest absolute Gasteiger partial charge is 0.459 e. The summed E-state index contributed by atoms with van der Waals surface area (Å²) < 4.78 is 5.32. The molecule has 3 heterocycles. The number of rotatable bonds is 6. The fraction of sp³-hybridized carbons (Fsp3) is 0.200. The maximum Gasteiger partial charge on any atom is 0.291 e. The number of hydrogen-bond donors (Lipinski definition) is 2. The molecule has 4 aromatic rings. The molecule has 0 saturated heterocycles. The van der Waals surface area contributed by atoms with Gasteiger partial charge in [0.05, 0.1) is 12.3 Å². The molecule has 2 N–H and O–H groups in total. The van der Waals surface area contributed by atoms with Crippen molar-refractivity contribution in [1.82, 2.24) is 4.98 Å². The van der Waals surface area contributed by atoms with Crippen molar-refractivity contribution in [2.75, 3.05) is 10.6 Å². The number of amides is 1. The number of hydrogen-bond acceptors (Lipinski definition) is 5. The van der Waals surface area contributed by atoms with Gasteiger partial charge in [0.1, 0.15) is 10.8 Å². The fourth-order valence-electron chi connectivity index (χ4n) is 4.12. The quantitative estimate of drug-likeness (QED) is 0.390. The van der Waals surface area contributed by atoms with E-state index < -0.39 is 0 Å². The highest BCUT2D eigenvalue weighted by atomic mass is 32.1. The summed E-state index contributed by atoms with van der Waals surface area (Å²) in [7, 11) is 0. The van der Waals surface area contributed by atoms with Crippen LogP contribution in [0.3, 0.4) is 0 Å². The lowest BCUT2D eigenvalue weighted by Gasteiger charge is -2.24. The second-order valence-electron chi connectivity index (χ2n) is 7.59. The van der Waals surface area contributed by atoms with E-state index in [0.29, 0.717) is 5.76 Å². The zero-order chi connectivity index (χ0) is 21.0. The first-order valence-electron chi connectivity index (χ1n) is 10.5. The van der Waals surface area contributed by atoms with Gasteiger partial charge in [-0.05, 0) is 61.1 Å². The van der Waals surface area contributed by atoms with Gasteiger partial charge in [-0.15, -0.1) is 11.3 Å². The molecule has 156 valence electrons. The van der Waals surface area contributed by atoms with E-state index in [1.165, 1.54) is 23.1 Å². The van der Waals surface area contributed by atoms with Crippen molar-refractivity contribution in [2.45, 2.75) is 31.7 Å². The van der Waals surface area contributed by atoms with Crippen LogP contribution < -0.4 is 10.6 Å². The molecule has 0 bridgehead atoms. The summed E-state index contributed by atoms with van der Waals surface area (Å²) >= 11 is 1.69. The smallest absolute Gasteiger partial charge is 0.291 e. The topological polar surface area (TPSA) is 67.2 Å². The Kier molecular flexibility index (Phi) is 5.54. The number of thiophene rings is 1. The first-order chi connectivity index (χ1) is 15.3. The van der Waals surface area contributed by atoms with Crippen molar-refractivity contribution in [1.29, 1.82) is 0 Å². The number of fused-ring (bicyclic) bond motifs is 1. The van der Waals surface area contributed by atoms with E-state index in [2.05, 4.69) is 27.8 Å². The summed E-state index contributed by atoms with van der Waals surface area (Å²) in [4.78, 5) is 18.7. The predicted molar refractivity (Wildman–Crippen MR) is 124 cm³/mol. The summed E-state index contributed by atoms with van der Waals surface area (Å²) in [5.41, 5.74) is 3.62. The van der Waals surface area contributed by atoms with E-state index in [-0.39, 0.29) is 11.9 Å². The standard InChI is InChI=1S/C25H23N3O2S/c29-24(19-12-8-16-30-19)28-25-22(18-11-4-5-13-20(18)31-25)23(17-9-2-1-3-10-17)27-21-14-6-7-15-26-21/h1-3,6-10,12,14-16,23H,4-5,11,13H2,(H,26,27)(H,28,29)/t23-/m0/s1. The molecular weight excluding hydrogens is 406 g/mol. The average Bonchev–Trinajstić information content (AvgIpc) is 3.47. The molecule has 0 aliphatic heterocycles. The van der Waals surface area contributed by atoms with Crippen molar-refractivity contribution >= 4 is 28.1 Å². The maximum absolute atomic E-state index is 12.8. The van der Waals surface area contributed by atoms with Gasteiger partial charge < -0.3 is 15.1 Å². The van der Waals surface area contributed by atoms with Gasteiger partial charge in [-0.3, -0.25) is 4.79 Å². The van der Waals surface area contributed by atoms with Crippen LogP contribution in [0.25, 0.3) is 0 Å². The van der Waals surface area contributed by atoms with E-state index in [1.807, 2.05) is 36.4 Å². The Balaban J connectivity index is 1.60. The Morgan fingerprint density at radius 1 is 1.00 bits per heavy atom. The summed E-state index contributed by atoms with van der Waals surface area (Å²) in [6.45, 7) is 0. The van der Waals surface area contributed by atoms with Gasteiger partial charge in [0, 0.05) is 16.6 Å². The van der Waals surface area contributed by atoms with Crippen LogP contribution >= 0.6 is 11.3 Å². The van der Waals surface area contributed by atoms with Gasteiger partial charge in [-0.25, -0.2) is 4.98 Å². The third-order valence-electron chi connectivity index (χ3n) is 5.56. The van der Waals surface area contributed by atoms with Crippen molar-refractivity contribution in [3.05, 3.63) is 100 Å². The van der Waals surface area contributed by atoms with Gasteiger partial charge in [0.15, 0.2) is 5.76 Å². The maximum atomic E-state index is 12.8. The first kappa shape index (κ1) is 19.6. The lowest BCUT2D eigenvalue weighted by Crippen LogP contribution is -2.18. The third-order valence-corrected chi connectivity index (χ3v) is 6.79. The fourth-order valence-corrected chi connectivity index (χ4v) is 5.45. The van der Waals surface area contributed by atoms with E-state index in [9.17, 15) is 4.79 Å². The number of nitrogens with zero attached hydrogens (tertiary/aromatic N) is 1. The zero-order valence-electron chi connectivity index (χ0n) is 17.0. The number of carbonyl (C=O) groups excluding carboxylic acids is 1. The molecule has 3 aromatic heterocycles. The lowest BCUT2D eigenvalue weighted by molar-refractivity contribution is 0.0997. The van der Waals surface area contributed by atoms with Crippen molar-refractivity contribution < 1.29 is 9.21 Å². The minimum Gasteiger partial charge on any atom is -0.459 e. The SMILES string of the molecule is O=C(Nc1sc2c(c1[C@@H](Nc1ccccn1)c1ccccc1)CCCC2)c1ccco1. The van der Waals surface area contributed by atoms with Crippen LogP contribution in [0.5, 0.6) is 0 Å². The summed E-state index contributed by atoms with van der Waals surface area (Å²) in [5, 5.41) is 7.63. The Morgan fingerprint density at radius 3 is 2.61 bits per heavy atom. The Hall–Kier alpha value is -3.38. The molecule has 1 aromatic carbocycles. The minimum absolute atomic E-state index is 0.124. The van der Waals surface area contributed by atoms with Crippen LogP contribution in [-0.2, 0) is 12.8 Å². The van der Waals surface area contributed by atoms with Crippen LogP contribution in [0.15, 0.2) is 77.5 Å². The molecule has 5 nitrogen and oxygen atoms in total. The molecule has 6 heteroatoms. The van der Waals surface area contributed by atoms with Crippen LogP contribution in [0.2, 0.25) is 0 Å². The zero-order valence-corrected chi connectivity index (χ0v) is 17.8. The number of carbonyl (C=O) groups is 1. The lowest BCUT2D eigenvalue weighted by atomic mass is 9.89. The summed E-state index contributed by atoms with van der Waals surface area (Å²) in [5.74, 6) is 0.885. The molecule has 31 heavy (non-hydrogen) atoms. The van der Waals surface area contributed by atoms with Gasteiger partial charge >= 0.3 is 0 Å². The molecule has 0 fully saturated rings. The Morgan fingerprint density at radius 2 is 1.84 bits per heavy atom. The molecule has 1 aliphatic rings. The molecule has 0 unspecified atom stereocenters. The number of furan rings is 1. The predicted octanol–water partition coefficient (Wildman–Crippen LogP) is 6.07. The number of benzene rings is 1. The highest BCUT2D eigenvalue weighted by Crippen LogP contribution is 2.44. The van der Waals surface area contributed by atoms with Crippen LogP contribution in [0.1, 0.15) is 51.0 Å². The molecule has 0 radical (unpaired) electrons. The van der Waals surface area contributed by atoms with Gasteiger partial charge in [-0.2, -0.15) is 0 Å². The molecule has 1 aliphatic carbocycles. The number of aryl methyl sites for hydroxylation is 1. The highest BCUT2D eigenvalue weighted by molar-refractivity contribution is 7.16. The molecule has 1 atom stereocenters. The number of pyridine rings is 1. The van der Waals surface area contributed by atoms with E-state index in [4.69, 9.17) is 4.42 Å². The van der Waals surface area contributed by atoms with Crippen molar-refractivity contribution in [2.24, 2.45) is 0 Å². The first-order valence-corrected chi connectivity index (χ1v) is 11.3. The van der Waals surface area contributed by atoms with Crippen molar-refractivity contribution in [3.8, 4) is 0 Å². The van der Waals surface area contributed by atoms with Gasteiger partial charge in [0.25, 0.3) is 5.91 Å². The molecule has 0 spiro atoms. The monoisotopic (exact) mass is 429 g/mol. The van der Waals surface area contributed by atoms with Crippen LogP contribution in [0, 0.1) is 0 Å². The minimum atomic E-state index is -0.227. The molecule has 5 rings (SSSR count). The van der Waals surface area contributed by atoms with Gasteiger partial charge in [-0.1, -0.05) is 36.4 Å². The number of anilines is 2. The van der Waals surface area contributed by atoms with Crippen LogP contribution in [0.4, 0.5) is 10.8 Å². The molecular formula is C25H23N3O2S. The second-order valence-corrected chi connectivity index (χ2v) is 8.69. The normalized spacial score (nSPS) is 13.9. The highest BCUT2D eigenvalue weighted by Gasteiger charge is 2.29. The Labute approximate surface area is 185 Å². The number of aromatic nitrogens is 1. The molecule has 1 amide bonds. The van der Waals surface area contributed by atoms with E-state index in [0.717, 1.165) is 41.2 Å². The van der Waals surface area contributed by atoms with E-state index in [1.54, 1.807) is 29.7 Å². The number of nitrogens with one attached hydrogen (secondary N) is 2. The van der Waals surface area contributed by atoms with Crippen LogP contribution in [-0.4, -0.2) is 10.9 Å².